The maximum absolute atomic E-state index is 14.0. The van der Waals surface area contributed by atoms with E-state index >= 15 is 0 Å². The Morgan fingerprint density at radius 1 is 1.25 bits per heavy atom. The molecule has 0 saturated carbocycles. The number of halogens is 4. The number of nitrogens with zero attached hydrogens (tertiary/aromatic N) is 5. The first kappa shape index (κ1) is 27.0. The highest BCUT2D eigenvalue weighted by Crippen LogP contribution is 2.49. The maximum Gasteiger partial charge on any atom is 0.416 e. The summed E-state index contributed by atoms with van der Waals surface area (Å²) in [6, 6.07) is 2.78. The molecule has 1 spiro atoms. The number of alkyl halides is 3. The van der Waals surface area contributed by atoms with E-state index in [-0.39, 0.29) is 39.9 Å². The van der Waals surface area contributed by atoms with Gasteiger partial charge in [-0.2, -0.15) is 22.7 Å². The number of aromatic nitrogens is 4. The smallest absolute Gasteiger partial charge is 0.378 e. The molecule has 4 heterocycles. The summed E-state index contributed by atoms with van der Waals surface area (Å²) in [5.41, 5.74) is 0.0422. The van der Waals surface area contributed by atoms with Crippen molar-refractivity contribution in [1.82, 2.24) is 24.5 Å². The number of piperidine rings is 1. The first-order valence-corrected chi connectivity index (χ1v) is 13.7. The van der Waals surface area contributed by atoms with E-state index in [9.17, 15) is 22.8 Å². The van der Waals surface area contributed by atoms with Crippen molar-refractivity contribution in [2.75, 3.05) is 49.6 Å². The lowest BCUT2D eigenvalue weighted by molar-refractivity contribution is -0.137. The van der Waals surface area contributed by atoms with Gasteiger partial charge < -0.3 is 24.8 Å². The Bertz CT molecular complexity index is 1520. The molecule has 1 amide bonds. The second-order valence-electron chi connectivity index (χ2n) is 10.8. The van der Waals surface area contributed by atoms with E-state index in [1.165, 1.54) is 4.52 Å². The normalized spacial score (nSPS) is 20.7. The van der Waals surface area contributed by atoms with Gasteiger partial charge in [0.25, 0.3) is 5.56 Å². The molecule has 2 N–H and O–H groups in total. The van der Waals surface area contributed by atoms with Gasteiger partial charge in [-0.15, -0.1) is 5.10 Å². The lowest BCUT2D eigenvalue weighted by Crippen LogP contribution is -2.42. The summed E-state index contributed by atoms with van der Waals surface area (Å²) in [6.07, 6.45) is -2.19. The zero-order valence-electron chi connectivity index (χ0n) is 21.9. The summed E-state index contributed by atoms with van der Waals surface area (Å²) < 4.78 is 47.7. The lowest BCUT2D eigenvalue weighted by atomic mass is 9.74. The molecule has 3 aromatic rings. The average molecular weight is 580 g/mol. The van der Waals surface area contributed by atoms with E-state index in [2.05, 4.69) is 15.7 Å². The van der Waals surface area contributed by atoms with Crippen LogP contribution in [0, 0.1) is 0 Å². The Hall–Kier alpha value is -3.16. The number of benzene rings is 1. The second kappa shape index (κ2) is 10.0. The summed E-state index contributed by atoms with van der Waals surface area (Å²) in [5.74, 6) is 0.105. The van der Waals surface area contributed by atoms with Crippen LogP contribution < -0.4 is 21.1 Å². The highest BCUT2D eigenvalue weighted by atomic mass is 35.5. The topological polar surface area (TPSA) is 106 Å². The molecule has 2 fully saturated rings. The summed E-state index contributed by atoms with van der Waals surface area (Å²) in [6.45, 7) is 5.57. The van der Waals surface area contributed by atoms with Gasteiger partial charge in [0.1, 0.15) is 6.54 Å². The average Bonchev–Trinajstić information content (AvgIpc) is 3.48. The molecule has 6 rings (SSSR count). The minimum absolute atomic E-state index is 0.0169. The SMILES string of the molecule is C[C@@H]1CC2(CCNCC2)c2c1n(CC(=O)Nc1ccc(C(F)(F)F)cc1Cl)c1nc(N3CCOCC3)nn1c2=O. The Morgan fingerprint density at radius 2 is 1.98 bits per heavy atom. The molecule has 214 valence electrons. The number of nitrogens with one attached hydrogen (secondary N) is 2. The number of morpholine rings is 1. The maximum atomic E-state index is 14.0. The van der Waals surface area contributed by atoms with Crippen LogP contribution in [0.3, 0.4) is 0 Å². The van der Waals surface area contributed by atoms with Gasteiger partial charge in [-0.3, -0.25) is 9.59 Å². The molecule has 40 heavy (non-hydrogen) atoms. The Morgan fingerprint density at radius 3 is 2.65 bits per heavy atom. The van der Waals surface area contributed by atoms with Crippen molar-refractivity contribution in [3.05, 3.63) is 50.4 Å². The largest absolute Gasteiger partial charge is 0.416 e. The monoisotopic (exact) mass is 579 g/mol. The summed E-state index contributed by atoms with van der Waals surface area (Å²) in [7, 11) is 0. The van der Waals surface area contributed by atoms with Crippen LogP contribution in [0.25, 0.3) is 5.78 Å². The highest BCUT2D eigenvalue weighted by Gasteiger charge is 2.47. The molecule has 2 aliphatic heterocycles. The molecule has 1 aromatic carbocycles. The fourth-order valence-electron chi connectivity index (χ4n) is 6.40. The van der Waals surface area contributed by atoms with Crippen LogP contribution in [0.1, 0.15) is 48.9 Å². The van der Waals surface area contributed by atoms with Crippen molar-refractivity contribution in [1.29, 1.82) is 0 Å². The number of ether oxygens (including phenoxy) is 1. The van der Waals surface area contributed by atoms with Gasteiger partial charge in [0.2, 0.25) is 17.6 Å². The minimum Gasteiger partial charge on any atom is -0.378 e. The Labute approximate surface area is 232 Å². The van der Waals surface area contributed by atoms with Gasteiger partial charge in [0, 0.05) is 29.8 Å². The number of carbonyl (C=O) groups is 1. The number of fused-ring (bicyclic) bond motifs is 3. The quantitative estimate of drug-likeness (QED) is 0.489. The second-order valence-corrected chi connectivity index (χ2v) is 11.2. The number of rotatable bonds is 4. The van der Waals surface area contributed by atoms with Crippen LogP contribution in [0.4, 0.5) is 24.8 Å². The van der Waals surface area contributed by atoms with Crippen LogP contribution in [0.5, 0.6) is 0 Å². The number of hydrogen-bond acceptors (Lipinski definition) is 7. The molecule has 0 bridgehead atoms. The Balaban J connectivity index is 1.42. The van der Waals surface area contributed by atoms with Gasteiger partial charge in [-0.25, -0.2) is 0 Å². The summed E-state index contributed by atoms with van der Waals surface area (Å²) >= 11 is 6.09. The summed E-state index contributed by atoms with van der Waals surface area (Å²) in [5, 5.41) is 10.4. The molecule has 0 radical (unpaired) electrons. The van der Waals surface area contributed by atoms with E-state index in [4.69, 9.17) is 21.3 Å². The third-order valence-electron chi connectivity index (χ3n) is 8.19. The first-order valence-electron chi connectivity index (χ1n) is 13.3. The van der Waals surface area contributed by atoms with Crippen molar-refractivity contribution < 1.29 is 22.7 Å². The third-order valence-corrected chi connectivity index (χ3v) is 8.51. The zero-order chi connectivity index (χ0) is 28.2. The van der Waals surface area contributed by atoms with E-state index in [0.717, 1.165) is 56.2 Å². The molecule has 2 aromatic heterocycles. The van der Waals surface area contributed by atoms with Crippen LogP contribution >= 0.6 is 11.6 Å². The fourth-order valence-corrected chi connectivity index (χ4v) is 6.62. The van der Waals surface area contributed by atoms with E-state index in [1.54, 1.807) is 4.57 Å². The van der Waals surface area contributed by atoms with Gasteiger partial charge in [0.15, 0.2) is 0 Å². The predicted molar refractivity (Wildman–Crippen MR) is 142 cm³/mol. The van der Waals surface area contributed by atoms with Crippen molar-refractivity contribution >= 4 is 34.9 Å². The molecule has 1 atom stereocenters. The fraction of sp³-hybridized carbons (Fsp3) is 0.538. The van der Waals surface area contributed by atoms with Crippen molar-refractivity contribution in [2.45, 2.75) is 50.2 Å². The highest BCUT2D eigenvalue weighted by molar-refractivity contribution is 6.33. The minimum atomic E-state index is -4.55. The van der Waals surface area contributed by atoms with E-state index in [0.29, 0.717) is 37.8 Å². The molecule has 1 aliphatic carbocycles. The molecule has 0 unspecified atom stereocenters. The van der Waals surface area contributed by atoms with Crippen LogP contribution in [0.15, 0.2) is 23.0 Å². The number of anilines is 2. The standard InChI is InChI=1S/C26H29ClF3N7O3/c1-15-13-25(4-6-31-7-5-25)20-21(15)36(14-19(38)32-18-3-2-16(12-17(18)27)26(28,29)30)24-33-23(34-37(24)22(20)39)35-8-10-40-11-9-35/h2-3,12,15,31H,4-11,13-14H2,1H3,(H,32,38)/t15-/m1/s1. The Kier molecular flexibility index (Phi) is 6.78. The van der Waals surface area contributed by atoms with Gasteiger partial charge >= 0.3 is 6.18 Å². The van der Waals surface area contributed by atoms with E-state index in [1.807, 2.05) is 11.8 Å². The number of hydrogen-bond donors (Lipinski definition) is 2. The van der Waals surface area contributed by atoms with Crippen LogP contribution in [0.2, 0.25) is 5.02 Å². The van der Waals surface area contributed by atoms with Gasteiger partial charge in [-0.1, -0.05) is 18.5 Å². The number of carbonyl (C=O) groups excluding carboxylic acids is 1. The summed E-state index contributed by atoms with van der Waals surface area (Å²) in [4.78, 5) is 34.0. The van der Waals surface area contributed by atoms with Crippen LogP contribution in [-0.4, -0.2) is 64.5 Å². The third kappa shape index (κ3) is 4.63. The van der Waals surface area contributed by atoms with Gasteiger partial charge in [-0.05, 0) is 56.5 Å². The lowest BCUT2D eigenvalue weighted by Gasteiger charge is -2.34. The first-order chi connectivity index (χ1) is 19.1. The van der Waals surface area contributed by atoms with Gasteiger partial charge in [0.05, 0.1) is 29.5 Å². The predicted octanol–water partition coefficient (Wildman–Crippen LogP) is 3.17. The zero-order valence-corrected chi connectivity index (χ0v) is 22.6. The van der Waals surface area contributed by atoms with Crippen LogP contribution in [-0.2, 0) is 27.7 Å². The molecule has 3 aliphatic rings. The van der Waals surface area contributed by atoms with Crippen molar-refractivity contribution in [3.63, 3.8) is 0 Å². The number of amides is 1. The molecule has 10 nitrogen and oxygen atoms in total. The molecule has 14 heteroatoms. The molecular formula is C26H29ClF3N7O3. The van der Waals surface area contributed by atoms with Crippen molar-refractivity contribution in [2.24, 2.45) is 0 Å². The van der Waals surface area contributed by atoms with Crippen molar-refractivity contribution in [3.8, 4) is 0 Å². The molecular weight excluding hydrogens is 551 g/mol. The van der Waals surface area contributed by atoms with E-state index < -0.39 is 17.6 Å². The molecule has 2 saturated heterocycles.